The maximum atomic E-state index is 12.5. The quantitative estimate of drug-likeness (QED) is 0.447. The Labute approximate surface area is 201 Å². The predicted molar refractivity (Wildman–Crippen MR) is 134 cm³/mol. The van der Waals surface area contributed by atoms with Crippen LogP contribution in [0.5, 0.6) is 0 Å². The summed E-state index contributed by atoms with van der Waals surface area (Å²) in [5, 5.41) is 4.60. The molecule has 4 rings (SSSR count). The van der Waals surface area contributed by atoms with Crippen molar-refractivity contribution < 1.29 is 4.79 Å². The maximum Gasteiger partial charge on any atom is 0.264 e. The summed E-state index contributed by atoms with van der Waals surface area (Å²) >= 11 is 20.1. The molecule has 31 heavy (non-hydrogen) atoms. The molecule has 162 valence electrons. The fourth-order valence-electron chi connectivity index (χ4n) is 4.03. The van der Waals surface area contributed by atoms with E-state index in [4.69, 9.17) is 34.8 Å². The van der Waals surface area contributed by atoms with E-state index in [0.717, 1.165) is 17.7 Å². The zero-order valence-electron chi connectivity index (χ0n) is 17.6. The number of rotatable bonds is 2. The second-order valence-electron chi connectivity index (χ2n) is 8.46. The standard InChI is InChI=1S/C23H22Cl3N3OS/c1-12-11-23(2,3)29(4)18-10-16(25)13(8-14(12)18)9-19-21(30)28-22(31-19)27-17-7-5-6-15(24)20(17)26/h5-10,12H,11H2,1-4H3,(H,27,28,30)/b19-9-. The molecule has 1 atom stereocenters. The zero-order chi connectivity index (χ0) is 22.5. The number of thioether (sulfide) groups is 1. The number of nitrogens with one attached hydrogen (secondary N) is 1. The minimum Gasteiger partial charge on any atom is -0.369 e. The van der Waals surface area contributed by atoms with Crippen molar-refractivity contribution in [3.05, 3.63) is 61.4 Å². The highest BCUT2D eigenvalue weighted by molar-refractivity contribution is 8.18. The van der Waals surface area contributed by atoms with Crippen molar-refractivity contribution in [2.45, 2.75) is 38.6 Å². The lowest BCUT2D eigenvalue weighted by atomic mass is 9.80. The monoisotopic (exact) mass is 493 g/mol. The summed E-state index contributed by atoms with van der Waals surface area (Å²) in [7, 11) is 2.10. The number of fused-ring (bicyclic) bond motifs is 1. The first kappa shape index (κ1) is 22.5. The molecule has 0 bridgehead atoms. The predicted octanol–water partition coefficient (Wildman–Crippen LogP) is 7.26. The molecule has 1 N–H and O–H groups in total. The van der Waals surface area contributed by atoms with Gasteiger partial charge in [0, 0.05) is 23.3 Å². The molecule has 1 saturated heterocycles. The minimum absolute atomic E-state index is 0.0594. The molecule has 8 heteroatoms. The lowest BCUT2D eigenvalue weighted by Gasteiger charge is -2.45. The van der Waals surface area contributed by atoms with Gasteiger partial charge < -0.3 is 10.2 Å². The Balaban J connectivity index is 1.67. The van der Waals surface area contributed by atoms with Crippen molar-refractivity contribution in [2.24, 2.45) is 4.99 Å². The molecular formula is C23H22Cl3N3OS. The first-order valence-electron chi connectivity index (χ1n) is 9.87. The van der Waals surface area contributed by atoms with E-state index in [-0.39, 0.29) is 11.4 Å². The van der Waals surface area contributed by atoms with E-state index in [1.807, 2.05) is 12.1 Å². The van der Waals surface area contributed by atoms with Gasteiger partial charge in [-0.15, -0.1) is 0 Å². The fourth-order valence-corrected chi connectivity index (χ4v) is 5.40. The maximum absolute atomic E-state index is 12.5. The number of benzene rings is 2. The van der Waals surface area contributed by atoms with Gasteiger partial charge in [0.15, 0.2) is 5.17 Å². The lowest BCUT2D eigenvalue weighted by Crippen LogP contribution is -2.45. The summed E-state index contributed by atoms with van der Waals surface area (Å²) in [6.45, 7) is 6.71. The van der Waals surface area contributed by atoms with E-state index in [9.17, 15) is 4.79 Å². The van der Waals surface area contributed by atoms with E-state index >= 15 is 0 Å². The molecular weight excluding hydrogens is 473 g/mol. The number of hydrogen-bond acceptors (Lipinski definition) is 4. The molecule has 0 aromatic heterocycles. The van der Waals surface area contributed by atoms with Crippen LogP contribution in [-0.4, -0.2) is 23.7 Å². The molecule has 1 unspecified atom stereocenters. The van der Waals surface area contributed by atoms with Crippen molar-refractivity contribution in [1.29, 1.82) is 0 Å². The SMILES string of the molecule is CC1CC(C)(C)N(C)c2cc(Cl)c(/C=C3\SC(=Nc4cccc(Cl)c4Cl)NC3=O)cc21. The number of hydrogen-bond donors (Lipinski definition) is 1. The smallest absolute Gasteiger partial charge is 0.264 e. The van der Waals surface area contributed by atoms with Crippen LogP contribution in [0.2, 0.25) is 15.1 Å². The van der Waals surface area contributed by atoms with Gasteiger partial charge in [-0.1, -0.05) is 47.8 Å². The van der Waals surface area contributed by atoms with Gasteiger partial charge in [-0.05, 0) is 79.4 Å². The van der Waals surface area contributed by atoms with Crippen LogP contribution in [-0.2, 0) is 4.79 Å². The van der Waals surface area contributed by atoms with Crippen molar-refractivity contribution in [1.82, 2.24) is 5.32 Å². The summed E-state index contributed by atoms with van der Waals surface area (Å²) in [6, 6.07) is 9.29. The summed E-state index contributed by atoms with van der Waals surface area (Å²) in [4.78, 5) is 19.8. The fraction of sp³-hybridized carbons (Fsp3) is 0.304. The van der Waals surface area contributed by atoms with Gasteiger partial charge in [-0.3, -0.25) is 4.79 Å². The van der Waals surface area contributed by atoms with Crippen molar-refractivity contribution >= 4 is 75.1 Å². The minimum atomic E-state index is -0.220. The Morgan fingerprint density at radius 1 is 1.23 bits per heavy atom. The lowest BCUT2D eigenvalue weighted by molar-refractivity contribution is -0.115. The van der Waals surface area contributed by atoms with Gasteiger partial charge >= 0.3 is 0 Å². The molecule has 0 saturated carbocycles. The van der Waals surface area contributed by atoms with Crippen LogP contribution < -0.4 is 10.2 Å². The van der Waals surface area contributed by atoms with Crippen LogP contribution in [0.15, 0.2) is 40.2 Å². The van der Waals surface area contributed by atoms with Crippen molar-refractivity contribution in [2.75, 3.05) is 11.9 Å². The van der Waals surface area contributed by atoms with Gasteiger partial charge in [0.1, 0.15) is 0 Å². The zero-order valence-corrected chi connectivity index (χ0v) is 20.7. The van der Waals surface area contributed by atoms with Gasteiger partial charge in [0.25, 0.3) is 5.91 Å². The molecule has 2 aromatic rings. The number of nitrogens with zero attached hydrogens (tertiary/aromatic N) is 2. The molecule has 1 fully saturated rings. The summed E-state index contributed by atoms with van der Waals surface area (Å²) in [6.07, 6.45) is 2.86. The van der Waals surface area contributed by atoms with Crippen LogP contribution in [0.1, 0.15) is 44.2 Å². The Bertz CT molecular complexity index is 1140. The van der Waals surface area contributed by atoms with E-state index < -0.39 is 0 Å². The Hall–Kier alpha value is -1.66. The topological polar surface area (TPSA) is 44.7 Å². The number of amides is 1. The van der Waals surface area contributed by atoms with Gasteiger partial charge in [-0.2, -0.15) is 0 Å². The highest BCUT2D eigenvalue weighted by atomic mass is 35.5. The third-order valence-electron chi connectivity index (χ3n) is 5.84. The summed E-state index contributed by atoms with van der Waals surface area (Å²) in [5.41, 5.74) is 3.76. The highest BCUT2D eigenvalue weighted by Gasteiger charge is 2.34. The molecule has 2 aliphatic rings. The number of carbonyl (C=O) groups is 1. The number of amidine groups is 1. The molecule has 1 amide bonds. The molecule has 0 spiro atoms. The normalized spacial score (nSPS) is 22.7. The van der Waals surface area contributed by atoms with E-state index in [2.05, 4.69) is 49.1 Å². The molecule has 2 heterocycles. The van der Waals surface area contributed by atoms with Crippen LogP contribution in [0.3, 0.4) is 0 Å². The van der Waals surface area contributed by atoms with E-state index in [1.165, 1.54) is 17.3 Å². The Kier molecular flexibility index (Phi) is 6.08. The molecule has 2 aromatic carbocycles. The first-order valence-corrected chi connectivity index (χ1v) is 11.8. The van der Waals surface area contributed by atoms with Crippen LogP contribution in [0.25, 0.3) is 6.08 Å². The van der Waals surface area contributed by atoms with Crippen molar-refractivity contribution in [3.63, 3.8) is 0 Å². The van der Waals surface area contributed by atoms with E-state index in [0.29, 0.717) is 36.7 Å². The molecule has 0 aliphatic carbocycles. The third-order valence-corrected chi connectivity index (χ3v) is 7.89. The summed E-state index contributed by atoms with van der Waals surface area (Å²) < 4.78 is 0. The van der Waals surface area contributed by atoms with Crippen LogP contribution in [0.4, 0.5) is 11.4 Å². The molecule has 2 aliphatic heterocycles. The highest BCUT2D eigenvalue weighted by Crippen LogP contribution is 2.45. The Morgan fingerprint density at radius 2 is 1.97 bits per heavy atom. The van der Waals surface area contributed by atoms with Gasteiger partial charge in [-0.25, -0.2) is 4.99 Å². The first-order chi connectivity index (χ1) is 14.6. The van der Waals surface area contributed by atoms with E-state index in [1.54, 1.807) is 18.2 Å². The van der Waals surface area contributed by atoms with Gasteiger partial charge in [0.2, 0.25) is 0 Å². The number of carbonyl (C=O) groups excluding carboxylic acids is 1. The Morgan fingerprint density at radius 3 is 2.71 bits per heavy atom. The average molecular weight is 495 g/mol. The molecule has 0 radical (unpaired) electrons. The average Bonchev–Trinajstić information content (AvgIpc) is 3.03. The van der Waals surface area contributed by atoms with Crippen molar-refractivity contribution in [3.8, 4) is 0 Å². The second kappa shape index (κ2) is 8.36. The third kappa shape index (κ3) is 4.34. The number of aliphatic imine (C=N–C) groups is 1. The van der Waals surface area contributed by atoms with Crippen LogP contribution in [0, 0.1) is 0 Å². The second-order valence-corrected chi connectivity index (χ2v) is 10.7. The number of anilines is 1. The van der Waals surface area contributed by atoms with Gasteiger partial charge in [0.05, 0.1) is 20.6 Å². The van der Waals surface area contributed by atoms with Crippen LogP contribution >= 0.6 is 46.6 Å². The largest absolute Gasteiger partial charge is 0.369 e. The molecule has 4 nitrogen and oxygen atoms in total. The number of halogens is 3. The summed E-state index contributed by atoms with van der Waals surface area (Å²) in [5.74, 6) is 0.171.